The first kappa shape index (κ1) is 12.3. The van der Waals surface area contributed by atoms with Crippen molar-refractivity contribution in [2.24, 2.45) is 0 Å². The van der Waals surface area contributed by atoms with Crippen molar-refractivity contribution < 1.29 is 9.18 Å². The van der Waals surface area contributed by atoms with Crippen LogP contribution in [0.3, 0.4) is 0 Å². The van der Waals surface area contributed by atoms with Crippen LogP contribution in [0.15, 0.2) is 42.7 Å². The van der Waals surface area contributed by atoms with Gasteiger partial charge in [0.2, 0.25) is 0 Å². The molecule has 100 valence electrons. The van der Waals surface area contributed by atoms with Gasteiger partial charge in [0.1, 0.15) is 5.82 Å². The van der Waals surface area contributed by atoms with Gasteiger partial charge in [0.25, 0.3) is 5.91 Å². The van der Waals surface area contributed by atoms with Crippen molar-refractivity contribution in [3.8, 4) is 0 Å². The van der Waals surface area contributed by atoms with E-state index in [4.69, 9.17) is 0 Å². The number of H-pyrrole nitrogens is 1. The van der Waals surface area contributed by atoms with Crippen molar-refractivity contribution in [3.63, 3.8) is 0 Å². The molecule has 0 fully saturated rings. The van der Waals surface area contributed by atoms with Crippen LogP contribution in [-0.4, -0.2) is 15.9 Å². The molecule has 4 nitrogen and oxygen atoms in total. The van der Waals surface area contributed by atoms with Crippen molar-refractivity contribution in [1.29, 1.82) is 0 Å². The number of hydrogen-bond donors (Lipinski definition) is 2. The first-order chi connectivity index (χ1) is 9.63. The van der Waals surface area contributed by atoms with Crippen LogP contribution in [0.1, 0.15) is 15.9 Å². The number of benzene rings is 2. The molecule has 1 amide bonds. The highest BCUT2D eigenvalue weighted by molar-refractivity contribution is 6.05. The van der Waals surface area contributed by atoms with Crippen molar-refractivity contribution >= 4 is 22.6 Å². The molecule has 2 N–H and O–H groups in total. The molecule has 1 aromatic heterocycles. The number of aromatic nitrogens is 2. The average molecular weight is 269 g/mol. The largest absolute Gasteiger partial charge is 0.345 e. The summed E-state index contributed by atoms with van der Waals surface area (Å²) < 4.78 is 13.4. The number of nitrogens with zero attached hydrogens (tertiary/aromatic N) is 1. The number of rotatable bonds is 2. The highest BCUT2D eigenvalue weighted by atomic mass is 19.1. The van der Waals surface area contributed by atoms with Crippen LogP contribution >= 0.6 is 0 Å². The summed E-state index contributed by atoms with van der Waals surface area (Å²) in [5, 5.41) is 2.67. The van der Waals surface area contributed by atoms with Crippen LogP contribution in [-0.2, 0) is 0 Å². The minimum absolute atomic E-state index is 0.287. The molecule has 0 unspecified atom stereocenters. The van der Waals surface area contributed by atoms with E-state index in [9.17, 15) is 9.18 Å². The summed E-state index contributed by atoms with van der Waals surface area (Å²) in [4.78, 5) is 19.1. The maximum Gasteiger partial charge on any atom is 0.255 e. The molecule has 5 heteroatoms. The van der Waals surface area contributed by atoms with Crippen LogP contribution in [0.5, 0.6) is 0 Å². The Labute approximate surface area is 114 Å². The summed E-state index contributed by atoms with van der Waals surface area (Å²) in [6.45, 7) is 1.67. The molecular formula is C15H12FN3O. The molecule has 0 aliphatic rings. The lowest BCUT2D eigenvalue weighted by Gasteiger charge is -2.06. The number of carbonyl (C=O) groups excluding carboxylic acids is 1. The SMILES string of the molecule is Cc1ccc(NC(=O)c2ccc3nc[nH]c3c2)cc1F. The fourth-order valence-electron chi connectivity index (χ4n) is 1.95. The maximum atomic E-state index is 13.4. The molecule has 3 rings (SSSR count). The summed E-state index contributed by atoms with van der Waals surface area (Å²) in [6, 6.07) is 9.76. The standard InChI is InChI=1S/C15H12FN3O/c1-9-2-4-11(7-12(9)16)19-15(20)10-3-5-13-14(6-10)18-8-17-13/h2-8H,1H3,(H,17,18)(H,19,20). The van der Waals surface area contributed by atoms with Crippen LogP contribution in [0.4, 0.5) is 10.1 Å². The van der Waals surface area contributed by atoms with Gasteiger partial charge in [0.05, 0.1) is 17.4 Å². The second kappa shape index (κ2) is 4.77. The third-order valence-corrected chi connectivity index (χ3v) is 3.11. The Morgan fingerprint density at radius 3 is 2.90 bits per heavy atom. The molecule has 2 aromatic carbocycles. The number of imidazole rings is 1. The quantitative estimate of drug-likeness (QED) is 0.750. The van der Waals surface area contributed by atoms with E-state index in [2.05, 4.69) is 15.3 Å². The predicted octanol–water partition coefficient (Wildman–Crippen LogP) is 3.26. The fourth-order valence-corrected chi connectivity index (χ4v) is 1.95. The molecule has 1 heterocycles. The van der Waals surface area contributed by atoms with Crippen molar-refractivity contribution in [2.45, 2.75) is 6.92 Å². The van der Waals surface area contributed by atoms with Crippen molar-refractivity contribution in [2.75, 3.05) is 5.32 Å². The summed E-state index contributed by atoms with van der Waals surface area (Å²) in [5.41, 5.74) is 3.04. The normalized spacial score (nSPS) is 10.7. The molecule has 3 aromatic rings. The van der Waals surface area contributed by atoms with Crippen LogP contribution in [0.2, 0.25) is 0 Å². The minimum atomic E-state index is -0.341. The maximum absolute atomic E-state index is 13.4. The van der Waals surface area contributed by atoms with E-state index in [1.54, 1.807) is 43.6 Å². The smallest absolute Gasteiger partial charge is 0.255 e. The molecule has 20 heavy (non-hydrogen) atoms. The third-order valence-electron chi connectivity index (χ3n) is 3.11. The number of aryl methyl sites for hydroxylation is 1. The van der Waals surface area contributed by atoms with Gasteiger partial charge < -0.3 is 10.3 Å². The van der Waals surface area contributed by atoms with Gasteiger partial charge in [-0.1, -0.05) is 6.07 Å². The summed E-state index contributed by atoms with van der Waals surface area (Å²) >= 11 is 0. The highest BCUT2D eigenvalue weighted by Gasteiger charge is 2.08. The van der Waals surface area contributed by atoms with Crippen molar-refractivity contribution in [3.05, 3.63) is 59.7 Å². The second-order valence-corrected chi connectivity index (χ2v) is 4.55. The van der Waals surface area contributed by atoms with E-state index in [0.717, 1.165) is 11.0 Å². The summed E-state index contributed by atoms with van der Waals surface area (Å²) in [7, 11) is 0. The Bertz CT molecular complexity index is 795. The van der Waals surface area contributed by atoms with Gasteiger partial charge in [0, 0.05) is 11.3 Å². The number of nitrogens with one attached hydrogen (secondary N) is 2. The average Bonchev–Trinajstić information content (AvgIpc) is 2.90. The van der Waals surface area contributed by atoms with Gasteiger partial charge in [-0.2, -0.15) is 0 Å². The molecule has 0 bridgehead atoms. The number of fused-ring (bicyclic) bond motifs is 1. The fraction of sp³-hybridized carbons (Fsp3) is 0.0667. The number of anilines is 1. The zero-order valence-electron chi connectivity index (χ0n) is 10.8. The van der Waals surface area contributed by atoms with E-state index in [0.29, 0.717) is 16.8 Å². The molecule has 0 saturated heterocycles. The van der Waals surface area contributed by atoms with Crippen molar-refractivity contribution in [1.82, 2.24) is 9.97 Å². The zero-order chi connectivity index (χ0) is 14.1. The molecule has 0 saturated carbocycles. The number of amides is 1. The van der Waals surface area contributed by atoms with E-state index in [-0.39, 0.29) is 11.7 Å². The Morgan fingerprint density at radius 1 is 1.25 bits per heavy atom. The lowest BCUT2D eigenvalue weighted by Crippen LogP contribution is -2.12. The lowest BCUT2D eigenvalue weighted by atomic mass is 10.1. The van der Waals surface area contributed by atoms with Gasteiger partial charge in [-0.25, -0.2) is 9.37 Å². The van der Waals surface area contributed by atoms with Gasteiger partial charge in [-0.15, -0.1) is 0 Å². The molecule has 0 radical (unpaired) electrons. The minimum Gasteiger partial charge on any atom is -0.345 e. The first-order valence-electron chi connectivity index (χ1n) is 6.14. The molecule has 0 spiro atoms. The molecular weight excluding hydrogens is 257 g/mol. The summed E-state index contributed by atoms with van der Waals surface area (Å²) in [6.07, 6.45) is 1.57. The number of halogens is 1. The molecule has 0 atom stereocenters. The van der Waals surface area contributed by atoms with E-state index in [1.165, 1.54) is 6.07 Å². The van der Waals surface area contributed by atoms with Gasteiger partial charge >= 0.3 is 0 Å². The Balaban J connectivity index is 1.86. The lowest BCUT2D eigenvalue weighted by molar-refractivity contribution is 0.102. The van der Waals surface area contributed by atoms with E-state index in [1.807, 2.05) is 0 Å². The zero-order valence-corrected chi connectivity index (χ0v) is 10.8. The van der Waals surface area contributed by atoms with E-state index < -0.39 is 0 Å². The van der Waals surface area contributed by atoms with Gasteiger partial charge in [-0.3, -0.25) is 4.79 Å². The Hall–Kier alpha value is -2.69. The highest BCUT2D eigenvalue weighted by Crippen LogP contribution is 2.16. The topological polar surface area (TPSA) is 57.8 Å². The monoisotopic (exact) mass is 269 g/mol. The third kappa shape index (κ3) is 2.25. The van der Waals surface area contributed by atoms with Gasteiger partial charge in [-0.05, 0) is 42.8 Å². The Kier molecular flexibility index (Phi) is 2.95. The Morgan fingerprint density at radius 2 is 2.10 bits per heavy atom. The second-order valence-electron chi connectivity index (χ2n) is 4.55. The molecule has 0 aliphatic carbocycles. The van der Waals surface area contributed by atoms with Crippen LogP contribution in [0.25, 0.3) is 11.0 Å². The number of carbonyl (C=O) groups is 1. The van der Waals surface area contributed by atoms with E-state index >= 15 is 0 Å². The first-order valence-corrected chi connectivity index (χ1v) is 6.14. The predicted molar refractivity (Wildman–Crippen MR) is 75.2 cm³/mol. The summed E-state index contributed by atoms with van der Waals surface area (Å²) in [5.74, 6) is -0.628. The number of hydrogen-bond acceptors (Lipinski definition) is 2. The number of aromatic amines is 1. The molecule has 0 aliphatic heterocycles. The van der Waals surface area contributed by atoms with Crippen LogP contribution < -0.4 is 5.32 Å². The van der Waals surface area contributed by atoms with Gasteiger partial charge in [0.15, 0.2) is 0 Å². The van der Waals surface area contributed by atoms with Crippen LogP contribution in [0, 0.1) is 12.7 Å².